The van der Waals surface area contributed by atoms with Crippen LogP contribution in [0.15, 0.2) is 60.8 Å². The van der Waals surface area contributed by atoms with E-state index in [1.807, 2.05) is 49.5 Å². The van der Waals surface area contributed by atoms with Crippen molar-refractivity contribution >= 4 is 39.7 Å². The molecule has 1 saturated heterocycles. The van der Waals surface area contributed by atoms with E-state index in [1.54, 1.807) is 11.3 Å². The Balaban J connectivity index is 1.30. The molecule has 2 aliphatic rings. The van der Waals surface area contributed by atoms with Gasteiger partial charge in [-0.15, -0.1) is 11.3 Å². The van der Waals surface area contributed by atoms with Gasteiger partial charge in [0, 0.05) is 28.1 Å². The van der Waals surface area contributed by atoms with Crippen molar-refractivity contribution in [3.8, 4) is 16.2 Å². The molecule has 1 saturated carbocycles. The van der Waals surface area contributed by atoms with Crippen molar-refractivity contribution in [1.82, 2.24) is 15.2 Å². The SMILES string of the molecule is Cc1ccc(OCC2CCN2C)cc1C(=O)NC1(c2cc(-c3ccc(Cl)s3)cc3ncccc23)CC1. The predicted octanol–water partition coefficient (Wildman–Crippen LogP) is 6.43. The fourth-order valence-electron chi connectivity index (χ4n) is 4.97. The fourth-order valence-corrected chi connectivity index (χ4v) is 6.00. The van der Waals surface area contributed by atoms with Gasteiger partial charge in [0.2, 0.25) is 0 Å². The zero-order valence-electron chi connectivity index (χ0n) is 20.4. The highest BCUT2D eigenvalue weighted by Crippen LogP contribution is 2.49. The Morgan fingerprint density at radius 1 is 1.22 bits per heavy atom. The molecule has 2 fully saturated rings. The molecule has 184 valence electrons. The van der Waals surface area contributed by atoms with Gasteiger partial charge < -0.3 is 10.1 Å². The second kappa shape index (κ2) is 9.18. The number of nitrogens with zero attached hydrogens (tertiary/aromatic N) is 2. The average molecular weight is 518 g/mol. The topological polar surface area (TPSA) is 54.5 Å². The predicted molar refractivity (Wildman–Crippen MR) is 146 cm³/mol. The number of ether oxygens (including phenoxy) is 1. The van der Waals surface area contributed by atoms with Crippen LogP contribution in [0.3, 0.4) is 0 Å². The Morgan fingerprint density at radius 2 is 2.08 bits per heavy atom. The average Bonchev–Trinajstić information content (AvgIpc) is 3.52. The third-order valence-corrected chi connectivity index (χ3v) is 8.81. The maximum Gasteiger partial charge on any atom is 0.252 e. The lowest BCUT2D eigenvalue weighted by atomic mass is 9.95. The first-order valence-electron chi connectivity index (χ1n) is 12.3. The Morgan fingerprint density at radius 3 is 2.78 bits per heavy atom. The van der Waals surface area contributed by atoms with E-state index in [-0.39, 0.29) is 5.91 Å². The molecule has 36 heavy (non-hydrogen) atoms. The monoisotopic (exact) mass is 517 g/mol. The number of thiophene rings is 1. The van der Waals surface area contributed by atoms with Crippen LogP contribution in [0.4, 0.5) is 0 Å². The zero-order chi connectivity index (χ0) is 24.9. The van der Waals surface area contributed by atoms with Crippen molar-refractivity contribution in [3.63, 3.8) is 0 Å². The Bertz CT molecular complexity index is 1460. The van der Waals surface area contributed by atoms with E-state index in [1.165, 1.54) is 0 Å². The molecule has 7 heteroatoms. The number of nitrogens with one attached hydrogen (secondary N) is 1. The Hall–Kier alpha value is -2.93. The summed E-state index contributed by atoms with van der Waals surface area (Å²) in [6.07, 6.45) is 4.74. The summed E-state index contributed by atoms with van der Waals surface area (Å²) in [6.45, 7) is 3.73. The summed E-state index contributed by atoms with van der Waals surface area (Å²) in [5, 5.41) is 4.45. The molecule has 4 aromatic rings. The van der Waals surface area contributed by atoms with Crippen LogP contribution in [0.5, 0.6) is 5.75 Å². The van der Waals surface area contributed by atoms with Crippen molar-refractivity contribution in [3.05, 3.63) is 81.8 Å². The summed E-state index contributed by atoms with van der Waals surface area (Å²) in [6, 6.07) is 18.5. The van der Waals surface area contributed by atoms with Gasteiger partial charge in [-0.25, -0.2) is 0 Å². The number of pyridine rings is 1. The zero-order valence-corrected chi connectivity index (χ0v) is 22.0. The minimum absolute atomic E-state index is 0.0715. The molecule has 0 spiro atoms. The minimum Gasteiger partial charge on any atom is -0.492 e. The summed E-state index contributed by atoms with van der Waals surface area (Å²) in [5.74, 6) is 0.667. The molecule has 0 radical (unpaired) electrons. The van der Waals surface area contributed by atoms with Crippen LogP contribution in [0.25, 0.3) is 21.3 Å². The first kappa shape index (κ1) is 23.5. The third kappa shape index (κ3) is 4.38. The first-order chi connectivity index (χ1) is 17.4. The van der Waals surface area contributed by atoms with Crippen molar-refractivity contribution in [2.45, 2.75) is 37.8 Å². The number of carbonyl (C=O) groups is 1. The summed E-state index contributed by atoms with van der Waals surface area (Å²) < 4.78 is 6.79. The molecular weight excluding hydrogens is 490 g/mol. The molecule has 2 aromatic carbocycles. The van der Waals surface area contributed by atoms with E-state index in [2.05, 4.69) is 40.4 Å². The highest BCUT2D eigenvalue weighted by Gasteiger charge is 2.47. The number of halogens is 1. The summed E-state index contributed by atoms with van der Waals surface area (Å²) >= 11 is 7.78. The van der Waals surface area contributed by atoms with E-state index in [0.717, 1.165) is 68.4 Å². The van der Waals surface area contributed by atoms with Gasteiger partial charge in [-0.1, -0.05) is 23.7 Å². The normalized spacial score (nSPS) is 18.6. The molecule has 1 amide bonds. The number of carbonyl (C=O) groups excluding carboxylic acids is 1. The molecule has 5 nitrogen and oxygen atoms in total. The van der Waals surface area contributed by atoms with E-state index >= 15 is 0 Å². The van der Waals surface area contributed by atoms with Gasteiger partial charge in [0.1, 0.15) is 12.4 Å². The quantitative estimate of drug-likeness (QED) is 0.307. The standard InChI is InChI=1S/C29H28ClN3O2S/c1-18-5-6-21(35-17-20-9-13-33(20)2)16-23(18)28(34)32-29(10-11-29)24-14-19(26-7-8-27(30)36-26)15-25-22(24)4-3-12-31-25/h3-8,12,14-16,20H,9-11,13,17H2,1-2H3,(H,32,34). The summed E-state index contributed by atoms with van der Waals surface area (Å²) in [5.41, 5.74) is 4.28. The van der Waals surface area contributed by atoms with E-state index < -0.39 is 5.54 Å². The van der Waals surface area contributed by atoms with Crippen LogP contribution in [0.2, 0.25) is 4.34 Å². The number of likely N-dealkylation sites (N-methyl/N-ethyl adjacent to an activating group) is 1. The number of aryl methyl sites for hydroxylation is 1. The number of rotatable bonds is 7. The summed E-state index contributed by atoms with van der Waals surface area (Å²) in [7, 11) is 2.11. The molecule has 0 bridgehead atoms. The molecule has 1 unspecified atom stereocenters. The van der Waals surface area contributed by atoms with Crippen molar-refractivity contribution in [1.29, 1.82) is 0 Å². The molecule has 3 heterocycles. The lowest BCUT2D eigenvalue weighted by molar-refractivity contribution is 0.0767. The maximum absolute atomic E-state index is 13.6. The van der Waals surface area contributed by atoms with Gasteiger partial charge >= 0.3 is 0 Å². The number of hydrogen-bond donors (Lipinski definition) is 1. The number of aromatic nitrogens is 1. The van der Waals surface area contributed by atoms with Crippen LogP contribution in [-0.4, -0.2) is 42.0 Å². The molecule has 1 aliphatic heterocycles. The van der Waals surface area contributed by atoms with Crippen LogP contribution in [0, 0.1) is 6.92 Å². The molecule has 1 aliphatic carbocycles. The Labute approximate surface area is 220 Å². The third-order valence-electron chi connectivity index (χ3n) is 7.53. The molecular formula is C29H28ClN3O2S. The lowest BCUT2D eigenvalue weighted by Crippen LogP contribution is -2.48. The van der Waals surface area contributed by atoms with Crippen LogP contribution in [0.1, 0.15) is 40.7 Å². The number of amides is 1. The van der Waals surface area contributed by atoms with Gasteiger partial charge in [-0.3, -0.25) is 14.7 Å². The van der Waals surface area contributed by atoms with Gasteiger partial charge in [-0.2, -0.15) is 0 Å². The van der Waals surface area contributed by atoms with Crippen LogP contribution < -0.4 is 10.1 Å². The van der Waals surface area contributed by atoms with Crippen LogP contribution >= 0.6 is 22.9 Å². The van der Waals surface area contributed by atoms with Gasteiger partial charge in [0.15, 0.2) is 0 Å². The first-order valence-corrected chi connectivity index (χ1v) is 13.5. The molecule has 2 aromatic heterocycles. The highest BCUT2D eigenvalue weighted by molar-refractivity contribution is 7.19. The van der Waals surface area contributed by atoms with E-state index in [4.69, 9.17) is 16.3 Å². The highest BCUT2D eigenvalue weighted by atomic mass is 35.5. The smallest absolute Gasteiger partial charge is 0.252 e. The van der Waals surface area contributed by atoms with Crippen LogP contribution in [-0.2, 0) is 5.54 Å². The van der Waals surface area contributed by atoms with Crippen molar-refractivity contribution in [2.75, 3.05) is 20.2 Å². The Kier molecular flexibility index (Phi) is 5.98. The summed E-state index contributed by atoms with van der Waals surface area (Å²) in [4.78, 5) is 21.6. The second-order valence-corrected chi connectivity index (χ2v) is 11.7. The number of benzene rings is 2. The number of fused-ring (bicyclic) bond motifs is 1. The largest absolute Gasteiger partial charge is 0.492 e. The van der Waals surface area contributed by atoms with Crippen molar-refractivity contribution in [2.24, 2.45) is 0 Å². The minimum atomic E-state index is -0.409. The van der Waals surface area contributed by atoms with Crippen molar-refractivity contribution < 1.29 is 9.53 Å². The van der Waals surface area contributed by atoms with E-state index in [0.29, 0.717) is 18.2 Å². The van der Waals surface area contributed by atoms with Gasteiger partial charge in [0.05, 0.1) is 15.4 Å². The maximum atomic E-state index is 13.6. The van der Waals surface area contributed by atoms with Gasteiger partial charge in [-0.05, 0) is 98.9 Å². The molecule has 6 rings (SSSR count). The van der Waals surface area contributed by atoms with E-state index in [9.17, 15) is 4.79 Å². The molecule has 1 atom stereocenters. The fraction of sp³-hybridized carbons (Fsp3) is 0.310. The number of hydrogen-bond acceptors (Lipinski definition) is 5. The van der Waals surface area contributed by atoms with Gasteiger partial charge in [0.25, 0.3) is 5.91 Å². The number of likely N-dealkylation sites (tertiary alicyclic amines) is 1. The second-order valence-electron chi connectivity index (χ2n) is 9.94. The molecule has 1 N–H and O–H groups in total. The lowest BCUT2D eigenvalue weighted by Gasteiger charge is -2.37.